The van der Waals surface area contributed by atoms with Gasteiger partial charge in [0.2, 0.25) is 0 Å². The number of aromatic nitrogens is 6. The molecule has 3 saturated heterocycles. The van der Waals surface area contributed by atoms with Crippen LogP contribution in [0.2, 0.25) is 0 Å². The Morgan fingerprint density at radius 3 is 1.90 bits per heavy atom. The third-order valence-electron chi connectivity index (χ3n) is 7.80. The maximum absolute atomic E-state index is 13.2. The second-order valence-corrected chi connectivity index (χ2v) is 20.1. The Balaban J connectivity index is 0.899. The fraction of sp³-hybridized carbons (Fsp3) is 0.448. The van der Waals surface area contributed by atoms with Crippen molar-refractivity contribution in [3.63, 3.8) is 0 Å². The van der Waals surface area contributed by atoms with Crippen LogP contribution in [0.5, 0.6) is 0 Å². The molecule has 4 aromatic rings. The molecule has 19 heteroatoms. The van der Waals surface area contributed by atoms with E-state index >= 15 is 0 Å². The molecule has 7 rings (SSSR count). The molecule has 3 aliphatic rings. The summed E-state index contributed by atoms with van der Waals surface area (Å²) in [5.41, 5.74) is 0.952. The fourth-order valence-corrected chi connectivity index (χ4v) is 15.0. The number of pyridine rings is 2. The summed E-state index contributed by atoms with van der Waals surface area (Å²) in [7, 11) is 0. The van der Waals surface area contributed by atoms with E-state index in [0.717, 1.165) is 29.7 Å². The predicted octanol–water partition coefficient (Wildman–Crippen LogP) is 4.71. The summed E-state index contributed by atoms with van der Waals surface area (Å²) in [4.78, 5) is 37.1. The van der Waals surface area contributed by atoms with Gasteiger partial charge in [0.05, 0.1) is 13.1 Å². The first-order valence-electron chi connectivity index (χ1n) is 15.0. The number of nitrogens with one attached hydrogen (secondary N) is 2. The molecule has 4 aromatic heterocycles. The van der Waals surface area contributed by atoms with E-state index in [0.29, 0.717) is 33.3 Å². The van der Waals surface area contributed by atoms with Crippen molar-refractivity contribution in [1.82, 2.24) is 30.4 Å². The Labute approximate surface area is 287 Å². The minimum atomic E-state index is -2.71. The van der Waals surface area contributed by atoms with Crippen molar-refractivity contribution < 1.29 is 27.2 Å². The van der Waals surface area contributed by atoms with E-state index in [9.17, 15) is 27.2 Å². The zero-order valence-electron chi connectivity index (χ0n) is 25.2. The molecule has 1 unspecified atom stereocenters. The monoisotopic (exact) mass is 816 g/mol. The summed E-state index contributed by atoms with van der Waals surface area (Å²) in [6.45, 7) is -1.52. The Morgan fingerprint density at radius 1 is 0.792 bits per heavy atom. The number of nitrogens with zero attached hydrogens (tertiary/aromatic N) is 8. The van der Waals surface area contributed by atoms with Crippen LogP contribution in [0.1, 0.15) is 35.2 Å². The first-order chi connectivity index (χ1) is 23.0. The van der Waals surface area contributed by atoms with Gasteiger partial charge in [-0.3, -0.25) is 0 Å². The van der Waals surface area contributed by atoms with Crippen molar-refractivity contribution in [3.05, 3.63) is 55.8 Å². The van der Waals surface area contributed by atoms with E-state index in [1.165, 1.54) is 32.5 Å². The van der Waals surface area contributed by atoms with Gasteiger partial charge in [0.15, 0.2) is 0 Å². The predicted molar refractivity (Wildman–Crippen MR) is 182 cm³/mol. The van der Waals surface area contributed by atoms with Crippen LogP contribution in [0, 0.1) is 3.01 Å². The second kappa shape index (κ2) is 13.4. The van der Waals surface area contributed by atoms with E-state index < -0.39 is 31.7 Å². The van der Waals surface area contributed by atoms with Crippen molar-refractivity contribution in [2.24, 2.45) is 0 Å². The number of carbonyl (C=O) groups is 2. The topological polar surface area (TPSA) is 142 Å². The molecule has 1 atom stereocenters. The Morgan fingerprint density at radius 2 is 1.33 bits per heavy atom. The van der Waals surface area contributed by atoms with E-state index in [4.69, 9.17) is 0 Å². The molecule has 48 heavy (non-hydrogen) atoms. The van der Waals surface area contributed by atoms with Gasteiger partial charge in [-0.2, -0.15) is 0 Å². The molecule has 7 heterocycles. The van der Waals surface area contributed by atoms with Crippen LogP contribution in [0.3, 0.4) is 0 Å². The number of anilines is 4. The van der Waals surface area contributed by atoms with Gasteiger partial charge in [0, 0.05) is 0 Å². The van der Waals surface area contributed by atoms with Gasteiger partial charge < -0.3 is 0 Å². The summed E-state index contributed by atoms with van der Waals surface area (Å²) in [5, 5.41) is 24.4. The molecule has 3 fully saturated rings. The van der Waals surface area contributed by atoms with Gasteiger partial charge >= 0.3 is 252 Å². The Hall–Kier alpha value is -3.59. The standard InChI is InChI=1S/C29H29F4IN10O2S2/c30-28(31)13-43(14-28)20-7-1-5-18(35-20)10-22(45)37-26-41-39-24(47-26)17-4-3-9-34(12-17)25-40-42-27(48-25)38-23(46)11-19-6-2-8-21(36-19)44-15-29(32,33)16-44/h1-2,5-8,17H,3-4,9-16H2,(H,37,41,45)(H,38,42,46). The third-order valence-corrected chi connectivity index (χ3v) is 17.3. The van der Waals surface area contributed by atoms with Crippen LogP contribution in [0.25, 0.3) is 0 Å². The van der Waals surface area contributed by atoms with Crippen LogP contribution >= 0.6 is 42.5 Å². The van der Waals surface area contributed by atoms with Crippen LogP contribution in [0.15, 0.2) is 36.4 Å². The van der Waals surface area contributed by atoms with E-state index in [1.54, 1.807) is 36.4 Å². The molecule has 0 saturated carbocycles. The van der Waals surface area contributed by atoms with Crippen molar-refractivity contribution in [1.29, 1.82) is 0 Å². The number of rotatable bonds is 10. The van der Waals surface area contributed by atoms with Crippen molar-refractivity contribution >= 4 is 76.2 Å². The average molecular weight is 817 g/mol. The number of alkyl halides is 6. The molecule has 0 spiro atoms. The van der Waals surface area contributed by atoms with Gasteiger partial charge in [0.25, 0.3) is 5.92 Å². The maximum atomic E-state index is 13.2. The average Bonchev–Trinajstić information content (AvgIpc) is 3.69. The van der Waals surface area contributed by atoms with Crippen molar-refractivity contribution in [2.45, 2.75) is 43.4 Å². The molecule has 0 bridgehead atoms. The summed E-state index contributed by atoms with van der Waals surface area (Å²) in [6, 6.07) is 10.1. The number of hydrogen-bond donors (Lipinski definition) is 2. The second-order valence-electron chi connectivity index (χ2n) is 11.8. The van der Waals surface area contributed by atoms with Crippen LogP contribution < -0.4 is 20.4 Å². The molecule has 254 valence electrons. The molecule has 12 nitrogen and oxygen atoms in total. The van der Waals surface area contributed by atoms with Gasteiger partial charge in [-0.25, -0.2) is 17.6 Å². The number of amides is 2. The quantitative estimate of drug-likeness (QED) is 0.131. The number of hydrogen-bond acceptors (Lipinski definition) is 12. The van der Waals surface area contributed by atoms with Gasteiger partial charge in [-0.15, -0.1) is 0 Å². The zero-order chi connectivity index (χ0) is 33.5. The van der Waals surface area contributed by atoms with Crippen molar-refractivity contribution in [2.75, 3.05) is 55.5 Å². The molecule has 0 aliphatic carbocycles. The first kappa shape index (κ1) is 32.9. The molecule has 2 amide bonds. The van der Waals surface area contributed by atoms with Gasteiger partial charge in [0.1, 0.15) is 0 Å². The van der Waals surface area contributed by atoms with E-state index in [2.05, 4.69) is 41.0 Å². The van der Waals surface area contributed by atoms with Crippen LogP contribution in [-0.2, 0) is 22.4 Å². The van der Waals surface area contributed by atoms with Gasteiger partial charge in [-0.1, -0.05) is 0 Å². The zero-order valence-corrected chi connectivity index (χ0v) is 29.0. The van der Waals surface area contributed by atoms with Crippen LogP contribution in [-0.4, -0.2) is 89.1 Å². The van der Waals surface area contributed by atoms with E-state index in [1.807, 2.05) is 0 Å². The molecular weight excluding hydrogens is 787 g/mol. The number of carbonyl (C=O) groups excluding carboxylic acids is 2. The number of halogens is 5. The Bertz CT molecular complexity index is 1680. The molecule has 3 aliphatic heterocycles. The summed E-state index contributed by atoms with van der Waals surface area (Å²) < 4.78 is 55.9. The third kappa shape index (κ3) is 7.82. The normalized spacial score (nSPS) is 20.5. The van der Waals surface area contributed by atoms with Crippen LogP contribution in [0.4, 0.5) is 39.5 Å². The molecular formula is C29H29F4IN10O2S2. The summed E-state index contributed by atoms with van der Waals surface area (Å²) in [6.07, 6.45) is 1.92. The van der Waals surface area contributed by atoms with E-state index in [-0.39, 0.29) is 56.8 Å². The SMILES string of the molecule is O=C(Cc1cccc(N2CC(F)(F)C2)n1)Nc1nnc(C2CCCI(c3nnc(NC(=O)Cc4cccc(N5CC(F)(F)C5)n4)s3)C2)s1. The van der Waals surface area contributed by atoms with Gasteiger partial charge in [-0.05, 0) is 0 Å². The Kier molecular flexibility index (Phi) is 9.18. The minimum absolute atomic E-state index is 0.0176. The molecule has 0 aromatic carbocycles. The summed E-state index contributed by atoms with van der Waals surface area (Å²) >= 11 is 1.01. The first-order valence-corrected chi connectivity index (χ1v) is 20.8. The van der Waals surface area contributed by atoms with Crippen molar-refractivity contribution in [3.8, 4) is 0 Å². The molecule has 0 radical (unpaired) electrons. The summed E-state index contributed by atoms with van der Waals surface area (Å²) in [5.74, 6) is -5.01. The molecule has 2 N–H and O–H groups in total. The fourth-order valence-electron chi connectivity index (χ4n) is 5.50.